The number of nitrogens with zero attached hydrogens (tertiary/aromatic N) is 1. The van der Waals surface area contributed by atoms with Crippen molar-refractivity contribution < 1.29 is 10.2 Å². The van der Waals surface area contributed by atoms with Gasteiger partial charge >= 0.3 is 0 Å². The zero-order valence-electron chi connectivity index (χ0n) is 11.0. The van der Waals surface area contributed by atoms with Crippen molar-refractivity contribution in [3.8, 4) is 0 Å². The molecule has 1 atom stereocenters. The summed E-state index contributed by atoms with van der Waals surface area (Å²) >= 11 is 11.9. The van der Waals surface area contributed by atoms with Gasteiger partial charge in [0.2, 0.25) is 0 Å². The molecular formula is C15H15Cl2NO2. The summed E-state index contributed by atoms with van der Waals surface area (Å²) in [4.78, 5) is 3.92. The molecule has 106 valence electrons. The molecule has 0 aliphatic heterocycles. The van der Waals surface area contributed by atoms with E-state index in [4.69, 9.17) is 23.2 Å². The Morgan fingerprint density at radius 2 is 1.85 bits per heavy atom. The lowest BCUT2D eigenvalue weighted by Crippen LogP contribution is -2.06. The van der Waals surface area contributed by atoms with Crippen LogP contribution in [0.25, 0.3) is 0 Å². The van der Waals surface area contributed by atoms with E-state index in [9.17, 15) is 10.2 Å². The molecule has 0 aliphatic carbocycles. The first kappa shape index (κ1) is 15.3. The summed E-state index contributed by atoms with van der Waals surface area (Å²) in [6.07, 6.45) is -0.0121. The standard InChI is InChI=1S/C15H15Cl2NO2/c1-2-9-3-5-10(6-4-9)14(20)13-11(8-19)7-12(16)18-15(13)17/h3-7,14,19-20H,2,8H2,1H3. The minimum atomic E-state index is -0.944. The van der Waals surface area contributed by atoms with Gasteiger partial charge in [-0.3, -0.25) is 0 Å². The molecule has 0 saturated carbocycles. The van der Waals surface area contributed by atoms with Gasteiger partial charge in [-0.1, -0.05) is 54.4 Å². The molecule has 0 aliphatic rings. The van der Waals surface area contributed by atoms with Crippen LogP contribution in [0.3, 0.4) is 0 Å². The van der Waals surface area contributed by atoms with Crippen LogP contribution in [0.5, 0.6) is 0 Å². The Kier molecular flexibility index (Phi) is 5.00. The fourth-order valence-corrected chi connectivity index (χ4v) is 2.64. The number of hydrogen-bond donors (Lipinski definition) is 2. The third-order valence-electron chi connectivity index (χ3n) is 3.21. The fraction of sp³-hybridized carbons (Fsp3) is 0.267. The van der Waals surface area contributed by atoms with E-state index in [1.165, 1.54) is 11.6 Å². The number of hydrogen-bond acceptors (Lipinski definition) is 3. The van der Waals surface area contributed by atoms with E-state index in [1.54, 1.807) is 0 Å². The van der Waals surface area contributed by atoms with Crippen LogP contribution in [0.2, 0.25) is 10.3 Å². The Balaban J connectivity index is 2.44. The van der Waals surface area contributed by atoms with Crippen molar-refractivity contribution in [1.82, 2.24) is 4.98 Å². The number of halogens is 2. The smallest absolute Gasteiger partial charge is 0.137 e. The zero-order chi connectivity index (χ0) is 14.7. The second-order valence-corrected chi connectivity index (χ2v) is 5.21. The summed E-state index contributed by atoms with van der Waals surface area (Å²) in [6.45, 7) is 1.80. The molecule has 2 aromatic rings. The highest BCUT2D eigenvalue weighted by atomic mass is 35.5. The first-order chi connectivity index (χ1) is 9.56. The third-order valence-corrected chi connectivity index (χ3v) is 3.70. The molecule has 2 N–H and O–H groups in total. The number of aliphatic hydroxyl groups excluding tert-OH is 2. The molecule has 1 aromatic carbocycles. The fourth-order valence-electron chi connectivity index (χ4n) is 2.06. The van der Waals surface area contributed by atoms with Crippen LogP contribution < -0.4 is 0 Å². The Hall–Kier alpha value is -1.13. The zero-order valence-corrected chi connectivity index (χ0v) is 12.5. The topological polar surface area (TPSA) is 53.4 Å². The number of aliphatic hydroxyl groups is 2. The van der Waals surface area contributed by atoms with E-state index < -0.39 is 6.10 Å². The van der Waals surface area contributed by atoms with Crippen LogP contribution in [0.1, 0.15) is 35.3 Å². The molecule has 1 unspecified atom stereocenters. The summed E-state index contributed by atoms with van der Waals surface area (Å²) < 4.78 is 0. The molecule has 0 fully saturated rings. The molecular weight excluding hydrogens is 297 g/mol. The van der Waals surface area contributed by atoms with E-state index in [-0.39, 0.29) is 16.9 Å². The highest BCUT2D eigenvalue weighted by Crippen LogP contribution is 2.32. The van der Waals surface area contributed by atoms with Gasteiger partial charge in [-0.15, -0.1) is 0 Å². The molecule has 0 amide bonds. The van der Waals surface area contributed by atoms with Crippen molar-refractivity contribution in [3.63, 3.8) is 0 Å². The molecule has 5 heteroatoms. The monoisotopic (exact) mass is 311 g/mol. The normalized spacial score (nSPS) is 12.4. The molecule has 20 heavy (non-hydrogen) atoms. The lowest BCUT2D eigenvalue weighted by Gasteiger charge is -2.16. The Labute approximate surface area is 127 Å². The molecule has 0 spiro atoms. The average molecular weight is 312 g/mol. The Bertz CT molecular complexity index is 600. The number of pyridine rings is 1. The van der Waals surface area contributed by atoms with E-state index in [2.05, 4.69) is 11.9 Å². The summed E-state index contributed by atoms with van der Waals surface area (Å²) in [5, 5.41) is 20.1. The van der Waals surface area contributed by atoms with Crippen molar-refractivity contribution in [2.75, 3.05) is 0 Å². The van der Waals surface area contributed by atoms with E-state index in [0.717, 1.165) is 6.42 Å². The minimum absolute atomic E-state index is 0.105. The van der Waals surface area contributed by atoms with Gasteiger partial charge in [0.25, 0.3) is 0 Å². The van der Waals surface area contributed by atoms with Gasteiger partial charge in [0, 0.05) is 5.56 Å². The average Bonchev–Trinajstić information content (AvgIpc) is 2.46. The maximum Gasteiger partial charge on any atom is 0.137 e. The lowest BCUT2D eigenvalue weighted by molar-refractivity contribution is 0.212. The van der Waals surface area contributed by atoms with Crippen LogP contribution in [0.4, 0.5) is 0 Å². The third kappa shape index (κ3) is 3.13. The second kappa shape index (κ2) is 6.55. The number of aryl methyl sites for hydroxylation is 1. The van der Waals surface area contributed by atoms with Crippen molar-refractivity contribution in [3.05, 3.63) is 62.9 Å². The highest BCUT2D eigenvalue weighted by molar-refractivity contribution is 6.33. The maximum atomic E-state index is 10.5. The van der Waals surface area contributed by atoms with E-state index >= 15 is 0 Å². The van der Waals surface area contributed by atoms with Crippen LogP contribution in [-0.4, -0.2) is 15.2 Å². The van der Waals surface area contributed by atoms with Gasteiger partial charge in [0.05, 0.1) is 6.61 Å². The molecule has 1 aromatic heterocycles. The van der Waals surface area contributed by atoms with E-state index in [0.29, 0.717) is 16.7 Å². The number of benzene rings is 1. The van der Waals surface area contributed by atoms with Gasteiger partial charge in [-0.25, -0.2) is 4.98 Å². The quantitative estimate of drug-likeness (QED) is 0.849. The summed E-state index contributed by atoms with van der Waals surface area (Å²) in [5.41, 5.74) is 2.75. The van der Waals surface area contributed by atoms with Crippen LogP contribution in [0, 0.1) is 0 Å². The van der Waals surface area contributed by atoms with Gasteiger partial charge < -0.3 is 10.2 Å². The first-order valence-electron chi connectivity index (χ1n) is 6.29. The summed E-state index contributed by atoms with van der Waals surface area (Å²) in [5.74, 6) is 0. The predicted molar refractivity (Wildman–Crippen MR) is 80.1 cm³/mol. The SMILES string of the molecule is CCc1ccc(C(O)c2c(CO)cc(Cl)nc2Cl)cc1. The van der Waals surface area contributed by atoms with E-state index in [1.807, 2.05) is 24.3 Å². The van der Waals surface area contributed by atoms with Gasteiger partial charge in [0.15, 0.2) is 0 Å². The maximum absolute atomic E-state index is 10.5. The Morgan fingerprint density at radius 3 is 2.40 bits per heavy atom. The molecule has 2 rings (SSSR count). The Morgan fingerprint density at radius 1 is 1.20 bits per heavy atom. The number of aromatic nitrogens is 1. The molecule has 3 nitrogen and oxygen atoms in total. The lowest BCUT2D eigenvalue weighted by atomic mass is 9.98. The van der Waals surface area contributed by atoms with Crippen molar-refractivity contribution in [1.29, 1.82) is 0 Å². The van der Waals surface area contributed by atoms with Gasteiger partial charge in [0.1, 0.15) is 16.4 Å². The predicted octanol–water partition coefficient (Wildman–Crippen LogP) is 3.52. The van der Waals surface area contributed by atoms with Crippen molar-refractivity contribution >= 4 is 23.2 Å². The van der Waals surface area contributed by atoms with Crippen LogP contribution >= 0.6 is 23.2 Å². The van der Waals surface area contributed by atoms with Crippen molar-refractivity contribution in [2.24, 2.45) is 0 Å². The highest BCUT2D eigenvalue weighted by Gasteiger charge is 2.19. The summed E-state index contributed by atoms with van der Waals surface area (Å²) in [7, 11) is 0. The van der Waals surface area contributed by atoms with Gasteiger partial charge in [-0.2, -0.15) is 0 Å². The van der Waals surface area contributed by atoms with Crippen LogP contribution in [-0.2, 0) is 13.0 Å². The minimum Gasteiger partial charge on any atom is -0.392 e. The molecule has 1 heterocycles. The first-order valence-corrected chi connectivity index (χ1v) is 7.05. The second-order valence-electron chi connectivity index (χ2n) is 4.46. The van der Waals surface area contributed by atoms with Crippen LogP contribution in [0.15, 0.2) is 30.3 Å². The van der Waals surface area contributed by atoms with Crippen molar-refractivity contribution in [2.45, 2.75) is 26.1 Å². The molecule has 0 bridgehead atoms. The summed E-state index contributed by atoms with van der Waals surface area (Å²) in [6, 6.07) is 9.10. The largest absolute Gasteiger partial charge is 0.392 e. The van der Waals surface area contributed by atoms with Gasteiger partial charge in [-0.05, 0) is 29.2 Å². The number of rotatable bonds is 4. The molecule has 0 radical (unpaired) electrons. The molecule has 0 saturated heterocycles.